The molecular weight excluding hydrogens is 354 g/mol. The average molecular weight is 371 g/mol. The van der Waals surface area contributed by atoms with Crippen LogP contribution >= 0.6 is 12.4 Å². The summed E-state index contributed by atoms with van der Waals surface area (Å²) in [4.78, 5) is 20.2. The van der Waals surface area contributed by atoms with E-state index < -0.39 is 30.8 Å². The van der Waals surface area contributed by atoms with Gasteiger partial charge in [-0.15, -0.1) is 12.4 Å². The van der Waals surface area contributed by atoms with Crippen molar-refractivity contribution in [2.75, 3.05) is 19.0 Å². The maximum atomic E-state index is 13.2. The van der Waals surface area contributed by atoms with Gasteiger partial charge in [-0.3, -0.25) is 10.1 Å². The standard InChI is InChI=1S/C16H16F2N4O2.ClH/c1-24-13-5-3-2-4-10(13)11-6-14(21-9-20-11)22-15(23)12-7-16(17,18)8-19-12;/h2-6,9,12,19H,7-8H2,1H3,(H,20,21,22,23);1H. The lowest BCUT2D eigenvalue weighted by molar-refractivity contribution is -0.118. The molecule has 1 fully saturated rings. The number of benzene rings is 1. The van der Waals surface area contributed by atoms with Crippen molar-refractivity contribution in [3.63, 3.8) is 0 Å². The molecule has 6 nitrogen and oxygen atoms in total. The van der Waals surface area contributed by atoms with Crippen LogP contribution in [-0.4, -0.2) is 41.5 Å². The zero-order valence-electron chi connectivity index (χ0n) is 13.3. The molecular formula is C16H17ClF2N4O2. The lowest BCUT2D eigenvalue weighted by Gasteiger charge is -2.12. The van der Waals surface area contributed by atoms with E-state index in [1.165, 1.54) is 6.33 Å². The normalized spacial score (nSPS) is 18.3. The summed E-state index contributed by atoms with van der Waals surface area (Å²) in [6, 6.07) is 7.92. The highest BCUT2D eigenvalue weighted by atomic mass is 35.5. The molecule has 0 spiro atoms. The van der Waals surface area contributed by atoms with Crippen molar-refractivity contribution in [2.24, 2.45) is 0 Å². The number of aromatic nitrogens is 2. The van der Waals surface area contributed by atoms with Gasteiger partial charge in [0.1, 0.15) is 17.9 Å². The van der Waals surface area contributed by atoms with Gasteiger partial charge in [-0.2, -0.15) is 0 Å². The lowest BCUT2D eigenvalue weighted by Crippen LogP contribution is -2.35. The van der Waals surface area contributed by atoms with E-state index >= 15 is 0 Å². The molecule has 0 saturated carbocycles. The second-order valence-corrected chi connectivity index (χ2v) is 5.47. The number of nitrogens with zero attached hydrogens (tertiary/aromatic N) is 2. The fraction of sp³-hybridized carbons (Fsp3) is 0.312. The van der Waals surface area contributed by atoms with Crippen LogP contribution in [0.3, 0.4) is 0 Å². The Morgan fingerprint density at radius 2 is 2.12 bits per heavy atom. The zero-order valence-corrected chi connectivity index (χ0v) is 14.1. The zero-order chi connectivity index (χ0) is 17.2. The number of anilines is 1. The summed E-state index contributed by atoms with van der Waals surface area (Å²) >= 11 is 0. The van der Waals surface area contributed by atoms with Gasteiger partial charge in [0.25, 0.3) is 5.92 Å². The largest absolute Gasteiger partial charge is 0.496 e. The predicted octanol–water partition coefficient (Wildman–Crippen LogP) is 2.51. The van der Waals surface area contributed by atoms with Crippen molar-refractivity contribution >= 4 is 24.1 Å². The molecule has 1 unspecified atom stereocenters. The molecule has 1 saturated heterocycles. The molecule has 2 aromatic rings. The SMILES string of the molecule is COc1ccccc1-c1cc(NC(=O)C2CC(F)(F)CN2)ncn1.Cl. The summed E-state index contributed by atoms with van der Waals surface area (Å²) in [7, 11) is 1.55. The van der Waals surface area contributed by atoms with E-state index in [4.69, 9.17) is 4.74 Å². The number of hydrogen-bond acceptors (Lipinski definition) is 5. The van der Waals surface area contributed by atoms with E-state index in [-0.39, 0.29) is 18.2 Å². The van der Waals surface area contributed by atoms with Crippen LogP contribution in [0.2, 0.25) is 0 Å². The molecule has 9 heteroatoms. The Labute approximate surface area is 149 Å². The molecule has 134 valence electrons. The molecule has 1 aliphatic heterocycles. The molecule has 2 heterocycles. The van der Waals surface area contributed by atoms with Crippen LogP contribution in [0.4, 0.5) is 14.6 Å². The van der Waals surface area contributed by atoms with E-state index in [0.717, 1.165) is 5.56 Å². The Morgan fingerprint density at radius 3 is 2.80 bits per heavy atom. The Kier molecular flexibility index (Phi) is 5.86. The van der Waals surface area contributed by atoms with E-state index in [2.05, 4.69) is 20.6 Å². The molecule has 1 aromatic carbocycles. The molecule has 0 bridgehead atoms. The third kappa shape index (κ3) is 4.40. The molecule has 0 radical (unpaired) electrons. The number of alkyl halides is 2. The molecule has 0 aliphatic carbocycles. The van der Waals surface area contributed by atoms with Crippen LogP contribution < -0.4 is 15.4 Å². The number of para-hydroxylation sites is 1. The maximum Gasteiger partial charge on any atom is 0.262 e. The number of amides is 1. The van der Waals surface area contributed by atoms with Gasteiger partial charge in [0.2, 0.25) is 5.91 Å². The van der Waals surface area contributed by atoms with Crippen LogP contribution in [0.5, 0.6) is 5.75 Å². The average Bonchev–Trinajstić information content (AvgIpc) is 2.95. The first kappa shape index (κ1) is 19.0. The first-order valence-corrected chi connectivity index (χ1v) is 7.36. The topological polar surface area (TPSA) is 76.1 Å². The van der Waals surface area contributed by atoms with E-state index in [1.807, 2.05) is 18.2 Å². The van der Waals surface area contributed by atoms with Crippen molar-refractivity contribution in [1.29, 1.82) is 0 Å². The van der Waals surface area contributed by atoms with Gasteiger partial charge in [-0.05, 0) is 12.1 Å². The summed E-state index contributed by atoms with van der Waals surface area (Å²) in [5.41, 5.74) is 1.30. The summed E-state index contributed by atoms with van der Waals surface area (Å²) in [6.45, 7) is -0.499. The van der Waals surface area contributed by atoms with Crippen LogP contribution in [-0.2, 0) is 4.79 Å². The minimum atomic E-state index is -2.86. The number of ether oxygens (including phenoxy) is 1. The molecule has 1 aromatic heterocycles. The molecule has 25 heavy (non-hydrogen) atoms. The van der Waals surface area contributed by atoms with Crippen molar-refractivity contribution < 1.29 is 18.3 Å². The first-order valence-electron chi connectivity index (χ1n) is 7.36. The van der Waals surface area contributed by atoms with Gasteiger partial charge in [0, 0.05) is 18.1 Å². The van der Waals surface area contributed by atoms with Gasteiger partial charge >= 0.3 is 0 Å². The number of rotatable bonds is 4. The quantitative estimate of drug-likeness (QED) is 0.864. The summed E-state index contributed by atoms with van der Waals surface area (Å²) < 4.78 is 31.6. The van der Waals surface area contributed by atoms with Gasteiger partial charge in [0.05, 0.1) is 25.4 Å². The Morgan fingerprint density at radius 1 is 1.36 bits per heavy atom. The second kappa shape index (κ2) is 7.71. The molecule has 1 aliphatic rings. The Bertz CT molecular complexity index is 760. The number of carbonyl (C=O) groups is 1. The van der Waals surface area contributed by atoms with Crippen molar-refractivity contribution in [3.05, 3.63) is 36.7 Å². The minimum absolute atomic E-state index is 0. The van der Waals surface area contributed by atoms with Crippen molar-refractivity contribution in [1.82, 2.24) is 15.3 Å². The third-order valence-corrected chi connectivity index (χ3v) is 3.73. The highest BCUT2D eigenvalue weighted by Crippen LogP contribution is 2.29. The predicted molar refractivity (Wildman–Crippen MR) is 91.3 cm³/mol. The van der Waals surface area contributed by atoms with Crippen LogP contribution in [0.15, 0.2) is 36.7 Å². The minimum Gasteiger partial charge on any atom is -0.496 e. The Balaban J connectivity index is 0.00000225. The lowest BCUT2D eigenvalue weighted by atomic mass is 10.1. The van der Waals surface area contributed by atoms with Crippen LogP contribution in [0.1, 0.15) is 6.42 Å². The fourth-order valence-corrected chi connectivity index (χ4v) is 2.54. The number of halogens is 3. The molecule has 2 N–H and O–H groups in total. The van der Waals surface area contributed by atoms with Crippen molar-refractivity contribution in [2.45, 2.75) is 18.4 Å². The maximum absolute atomic E-state index is 13.2. The number of methoxy groups -OCH3 is 1. The molecule has 3 rings (SSSR count). The Hall–Kier alpha value is -2.32. The van der Waals surface area contributed by atoms with Crippen molar-refractivity contribution in [3.8, 4) is 17.0 Å². The van der Waals surface area contributed by atoms with Gasteiger partial charge in [-0.1, -0.05) is 12.1 Å². The number of carbonyl (C=O) groups excluding carboxylic acids is 1. The van der Waals surface area contributed by atoms with Crippen LogP contribution in [0, 0.1) is 0 Å². The third-order valence-electron chi connectivity index (χ3n) is 3.73. The van der Waals surface area contributed by atoms with Gasteiger partial charge in [0.15, 0.2) is 0 Å². The van der Waals surface area contributed by atoms with Gasteiger partial charge < -0.3 is 10.1 Å². The van der Waals surface area contributed by atoms with E-state index in [1.54, 1.807) is 19.2 Å². The summed E-state index contributed by atoms with van der Waals surface area (Å²) in [5.74, 6) is -2.54. The van der Waals surface area contributed by atoms with E-state index in [9.17, 15) is 13.6 Å². The van der Waals surface area contributed by atoms with Gasteiger partial charge in [-0.25, -0.2) is 18.7 Å². The highest BCUT2D eigenvalue weighted by molar-refractivity contribution is 5.94. The second-order valence-electron chi connectivity index (χ2n) is 5.47. The monoisotopic (exact) mass is 370 g/mol. The molecule has 1 atom stereocenters. The fourth-order valence-electron chi connectivity index (χ4n) is 2.54. The molecule has 1 amide bonds. The highest BCUT2D eigenvalue weighted by Gasteiger charge is 2.42. The van der Waals surface area contributed by atoms with E-state index in [0.29, 0.717) is 11.4 Å². The number of hydrogen-bond donors (Lipinski definition) is 2. The first-order chi connectivity index (χ1) is 11.5. The van der Waals surface area contributed by atoms with Crippen LogP contribution in [0.25, 0.3) is 11.3 Å². The smallest absolute Gasteiger partial charge is 0.262 e. The summed E-state index contributed by atoms with van der Waals surface area (Å²) in [6.07, 6.45) is 0.775. The number of nitrogens with one attached hydrogen (secondary N) is 2. The summed E-state index contributed by atoms with van der Waals surface area (Å²) in [5, 5.41) is 5.05.